The van der Waals surface area contributed by atoms with Crippen LogP contribution in [0.4, 0.5) is 13.2 Å². The number of rotatable bonds is 7. The first-order valence-corrected chi connectivity index (χ1v) is 6.20. The molecule has 1 saturated carbocycles. The van der Waals surface area contributed by atoms with E-state index in [1.165, 1.54) is 0 Å². The zero-order valence-corrected chi connectivity index (χ0v) is 10.4. The standard InChI is InChI=1S/C11H16F3N3O2/c12-11(13,14)7-17(4-1-5-18)6-9-15-10(16-19-9)8-2-3-8/h8,18H,1-7H2. The zero-order chi connectivity index (χ0) is 13.9. The van der Waals surface area contributed by atoms with E-state index >= 15 is 0 Å². The molecule has 19 heavy (non-hydrogen) atoms. The van der Waals surface area contributed by atoms with Crippen molar-refractivity contribution in [3.63, 3.8) is 0 Å². The minimum absolute atomic E-state index is 0.0424. The van der Waals surface area contributed by atoms with E-state index in [1.807, 2.05) is 0 Å². The number of aliphatic hydroxyl groups is 1. The largest absolute Gasteiger partial charge is 0.401 e. The summed E-state index contributed by atoms with van der Waals surface area (Å²) < 4.78 is 42.2. The molecule has 0 bridgehead atoms. The predicted octanol–water partition coefficient (Wildman–Crippen LogP) is 1.69. The Labute approximate surface area is 108 Å². The monoisotopic (exact) mass is 279 g/mol. The Balaban J connectivity index is 1.92. The second-order valence-electron chi connectivity index (χ2n) is 4.72. The molecule has 1 heterocycles. The maximum absolute atomic E-state index is 12.4. The van der Waals surface area contributed by atoms with Gasteiger partial charge < -0.3 is 9.63 Å². The van der Waals surface area contributed by atoms with Gasteiger partial charge in [-0.05, 0) is 19.3 Å². The molecule has 108 valence electrons. The Morgan fingerprint density at radius 3 is 2.68 bits per heavy atom. The molecular formula is C11H16F3N3O2. The van der Waals surface area contributed by atoms with Crippen molar-refractivity contribution in [3.8, 4) is 0 Å². The summed E-state index contributed by atoms with van der Waals surface area (Å²) in [5.74, 6) is 1.10. The van der Waals surface area contributed by atoms with Crippen molar-refractivity contribution < 1.29 is 22.8 Å². The van der Waals surface area contributed by atoms with Crippen LogP contribution in [0.2, 0.25) is 0 Å². The lowest BCUT2D eigenvalue weighted by molar-refractivity contribution is -0.148. The van der Waals surface area contributed by atoms with Crippen molar-refractivity contribution in [1.82, 2.24) is 15.0 Å². The lowest BCUT2D eigenvalue weighted by atomic mass is 10.3. The Hall–Kier alpha value is -1.15. The fourth-order valence-corrected chi connectivity index (χ4v) is 1.79. The molecule has 8 heteroatoms. The van der Waals surface area contributed by atoms with Crippen molar-refractivity contribution in [3.05, 3.63) is 11.7 Å². The topological polar surface area (TPSA) is 62.4 Å². The third-order valence-electron chi connectivity index (χ3n) is 2.82. The van der Waals surface area contributed by atoms with Crippen LogP contribution in [0.3, 0.4) is 0 Å². The summed E-state index contributed by atoms with van der Waals surface area (Å²) >= 11 is 0. The predicted molar refractivity (Wildman–Crippen MR) is 59.3 cm³/mol. The van der Waals surface area contributed by atoms with E-state index in [4.69, 9.17) is 9.63 Å². The number of alkyl halides is 3. The number of aliphatic hydroxyl groups excluding tert-OH is 1. The van der Waals surface area contributed by atoms with Gasteiger partial charge in [-0.2, -0.15) is 18.2 Å². The summed E-state index contributed by atoms with van der Waals surface area (Å²) in [5.41, 5.74) is 0. The van der Waals surface area contributed by atoms with Crippen LogP contribution in [0.5, 0.6) is 0 Å². The minimum Gasteiger partial charge on any atom is -0.396 e. The number of hydrogen-bond donors (Lipinski definition) is 1. The Kier molecular flexibility index (Phi) is 4.41. The van der Waals surface area contributed by atoms with Crippen LogP contribution in [0.25, 0.3) is 0 Å². The summed E-state index contributed by atoms with van der Waals surface area (Å²) in [4.78, 5) is 5.25. The number of aromatic nitrogens is 2. The van der Waals surface area contributed by atoms with Gasteiger partial charge in [0.25, 0.3) is 0 Å². The third-order valence-corrected chi connectivity index (χ3v) is 2.82. The normalized spacial score (nSPS) is 16.3. The average Bonchev–Trinajstić information content (AvgIpc) is 3.06. The van der Waals surface area contributed by atoms with Crippen LogP contribution in [0.15, 0.2) is 4.52 Å². The van der Waals surface area contributed by atoms with Gasteiger partial charge in [0, 0.05) is 19.1 Å². The van der Waals surface area contributed by atoms with E-state index in [0.717, 1.165) is 17.7 Å². The third kappa shape index (κ3) is 4.79. The minimum atomic E-state index is -4.28. The molecule has 1 N–H and O–H groups in total. The molecule has 1 aromatic heterocycles. The molecule has 2 rings (SSSR count). The van der Waals surface area contributed by atoms with Crippen LogP contribution in [-0.2, 0) is 6.54 Å². The van der Waals surface area contributed by atoms with Crippen molar-refractivity contribution in [2.45, 2.75) is 37.9 Å². The average molecular weight is 279 g/mol. The molecule has 0 saturated heterocycles. The van der Waals surface area contributed by atoms with Crippen molar-refractivity contribution in [2.24, 2.45) is 0 Å². The molecule has 1 aliphatic rings. The molecule has 0 aliphatic heterocycles. The van der Waals surface area contributed by atoms with E-state index in [9.17, 15) is 13.2 Å². The lowest BCUT2D eigenvalue weighted by Crippen LogP contribution is -2.35. The molecule has 1 aromatic rings. The second-order valence-corrected chi connectivity index (χ2v) is 4.72. The van der Waals surface area contributed by atoms with Gasteiger partial charge in [0.15, 0.2) is 5.82 Å². The Morgan fingerprint density at radius 1 is 1.37 bits per heavy atom. The van der Waals surface area contributed by atoms with Gasteiger partial charge in [0.2, 0.25) is 5.89 Å². The quantitative estimate of drug-likeness (QED) is 0.823. The molecule has 0 radical (unpaired) electrons. The summed E-state index contributed by atoms with van der Waals surface area (Å²) in [6, 6.07) is 0. The van der Waals surface area contributed by atoms with E-state index in [2.05, 4.69) is 10.1 Å². The molecular weight excluding hydrogens is 263 g/mol. The highest BCUT2D eigenvalue weighted by molar-refractivity contribution is 5.03. The number of nitrogens with zero attached hydrogens (tertiary/aromatic N) is 3. The van der Waals surface area contributed by atoms with E-state index < -0.39 is 12.7 Å². The molecule has 0 atom stereocenters. The van der Waals surface area contributed by atoms with Gasteiger partial charge >= 0.3 is 6.18 Å². The Bertz CT molecular complexity index is 404. The number of halogens is 3. The first-order valence-electron chi connectivity index (χ1n) is 6.20. The fraction of sp³-hybridized carbons (Fsp3) is 0.818. The van der Waals surface area contributed by atoms with Crippen molar-refractivity contribution in [2.75, 3.05) is 19.7 Å². The van der Waals surface area contributed by atoms with Crippen LogP contribution in [0, 0.1) is 0 Å². The lowest BCUT2D eigenvalue weighted by Gasteiger charge is -2.21. The second kappa shape index (κ2) is 5.87. The number of hydrogen-bond acceptors (Lipinski definition) is 5. The highest BCUT2D eigenvalue weighted by Gasteiger charge is 2.32. The van der Waals surface area contributed by atoms with Gasteiger partial charge in [0.05, 0.1) is 13.1 Å². The van der Waals surface area contributed by atoms with E-state index in [-0.39, 0.29) is 32.0 Å². The van der Waals surface area contributed by atoms with Gasteiger partial charge in [-0.3, -0.25) is 4.90 Å². The zero-order valence-electron chi connectivity index (χ0n) is 10.4. The van der Waals surface area contributed by atoms with Crippen LogP contribution in [-0.4, -0.2) is 46.0 Å². The van der Waals surface area contributed by atoms with Crippen LogP contribution >= 0.6 is 0 Å². The summed E-state index contributed by atoms with van der Waals surface area (Å²) in [7, 11) is 0. The maximum atomic E-state index is 12.4. The molecule has 0 spiro atoms. The van der Waals surface area contributed by atoms with Crippen LogP contribution < -0.4 is 0 Å². The molecule has 0 unspecified atom stereocenters. The summed E-state index contributed by atoms with van der Waals surface area (Å²) in [6.07, 6.45) is -1.99. The fourth-order valence-electron chi connectivity index (χ4n) is 1.79. The molecule has 0 aromatic carbocycles. The van der Waals surface area contributed by atoms with Gasteiger partial charge in [-0.25, -0.2) is 0 Å². The highest BCUT2D eigenvalue weighted by Crippen LogP contribution is 2.38. The SMILES string of the molecule is OCCCN(Cc1nc(C2CC2)no1)CC(F)(F)F. The first kappa shape index (κ1) is 14.3. The molecule has 5 nitrogen and oxygen atoms in total. The molecule has 1 aliphatic carbocycles. The summed E-state index contributed by atoms with van der Waals surface area (Å²) in [6.45, 7) is -1.10. The molecule has 1 fully saturated rings. The van der Waals surface area contributed by atoms with Gasteiger partial charge in [-0.1, -0.05) is 5.16 Å². The van der Waals surface area contributed by atoms with Gasteiger partial charge in [0.1, 0.15) is 0 Å². The highest BCUT2D eigenvalue weighted by atomic mass is 19.4. The van der Waals surface area contributed by atoms with Crippen molar-refractivity contribution in [1.29, 1.82) is 0 Å². The van der Waals surface area contributed by atoms with E-state index in [0.29, 0.717) is 11.7 Å². The van der Waals surface area contributed by atoms with E-state index in [1.54, 1.807) is 0 Å². The maximum Gasteiger partial charge on any atom is 0.401 e. The van der Waals surface area contributed by atoms with Crippen molar-refractivity contribution >= 4 is 0 Å². The van der Waals surface area contributed by atoms with Crippen LogP contribution in [0.1, 0.15) is 36.9 Å². The van der Waals surface area contributed by atoms with Gasteiger partial charge in [-0.15, -0.1) is 0 Å². The smallest absolute Gasteiger partial charge is 0.396 e. The first-order chi connectivity index (χ1) is 8.98. The summed E-state index contributed by atoms with van der Waals surface area (Å²) in [5, 5.41) is 12.5. The molecule has 0 amide bonds. The Morgan fingerprint density at radius 2 is 2.11 bits per heavy atom.